The van der Waals surface area contributed by atoms with Gasteiger partial charge in [0.05, 0.1) is 22.9 Å². The van der Waals surface area contributed by atoms with Crippen LogP contribution < -0.4 is 11.5 Å². The van der Waals surface area contributed by atoms with Gasteiger partial charge in [0, 0.05) is 10.6 Å². The largest absolute Gasteiger partial charge is 0.462 e. The van der Waals surface area contributed by atoms with Crippen LogP contribution in [0.15, 0.2) is 17.0 Å². The van der Waals surface area contributed by atoms with Gasteiger partial charge >= 0.3 is 5.97 Å². The summed E-state index contributed by atoms with van der Waals surface area (Å²) in [4.78, 5) is 23.0. The Labute approximate surface area is 114 Å². The van der Waals surface area contributed by atoms with Gasteiger partial charge in [-0.3, -0.25) is 4.79 Å². The standard InChI is InChI=1S/C11H13ClN2O3S/c1-2-17-11(16)7-3-6(13)4-8(12)10(7)18-5-9(14)15/h3-4H,2,5,13H2,1H3,(H2,14,15). The van der Waals surface area contributed by atoms with E-state index in [9.17, 15) is 9.59 Å². The Morgan fingerprint density at radius 2 is 2.11 bits per heavy atom. The fourth-order valence-electron chi connectivity index (χ4n) is 1.26. The summed E-state index contributed by atoms with van der Waals surface area (Å²) in [6.07, 6.45) is 0. The molecule has 0 aliphatic rings. The molecule has 0 saturated carbocycles. The van der Waals surface area contributed by atoms with Crippen LogP contribution in [0, 0.1) is 0 Å². The van der Waals surface area contributed by atoms with E-state index >= 15 is 0 Å². The molecule has 0 aliphatic heterocycles. The van der Waals surface area contributed by atoms with Crippen LogP contribution in [0.3, 0.4) is 0 Å². The first-order valence-electron chi connectivity index (χ1n) is 5.13. The number of primary amides is 1. The van der Waals surface area contributed by atoms with Gasteiger partial charge < -0.3 is 16.2 Å². The van der Waals surface area contributed by atoms with E-state index in [4.69, 9.17) is 27.8 Å². The lowest BCUT2D eigenvalue weighted by molar-refractivity contribution is -0.115. The Balaban J connectivity index is 3.12. The van der Waals surface area contributed by atoms with Crippen molar-refractivity contribution in [1.29, 1.82) is 0 Å². The summed E-state index contributed by atoms with van der Waals surface area (Å²) in [5.41, 5.74) is 11.3. The Kier molecular flexibility index (Phi) is 5.30. The van der Waals surface area contributed by atoms with Crippen molar-refractivity contribution >= 4 is 40.9 Å². The third-order valence-corrected chi connectivity index (χ3v) is 3.49. The third-order valence-electron chi connectivity index (χ3n) is 1.92. The zero-order valence-electron chi connectivity index (χ0n) is 9.73. The van der Waals surface area contributed by atoms with Gasteiger partial charge in [-0.25, -0.2) is 4.79 Å². The van der Waals surface area contributed by atoms with Crippen LogP contribution in [0.4, 0.5) is 5.69 Å². The molecule has 0 fully saturated rings. The molecule has 98 valence electrons. The van der Waals surface area contributed by atoms with Crippen LogP contribution in [0.5, 0.6) is 0 Å². The van der Waals surface area contributed by atoms with E-state index in [1.807, 2.05) is 0 Å². The highest BCUT2D eigenvalue weighted by Crippen LogP contribution is 2.33. The number of amides is 1. The van der Waals surface area contributed by atoms with Crippen molar-refractivity contribution < 1.29 is 14.3 Å². The molecule has 1 rings (SSSR count). The Morgan fingerprint density at radius 1 is 1.44 bits per heavy atom. The summed E-state index contributed by atoms with van der Waals surface area (Å²) in [7, 11) is 0. The van der Waals surface area contributed by atoms with Gasteiger partial charge in [0.2, 0.25) is 5.91 Å². The number of anilines is 1. The summed E-state index contributed by atoms with van der Waals surface area (Å²) in [5.74, 6) is -1.00. The average Bonchev–Trinajstić information content (AvgIpc) is 2.26. The second-order valence-corrected chi connectivity index (χ2v) is 4.75. The monoisotopic (exact) mass is 288 g/mol. The number of benzene rings is 1. The number of esters is 1. The molecular formula is C11H13ClN2O3S. The number of halogens is 1. The molecule has 0 aliphatic carbocycles. The number of thioether (sulfide) groups is 1. The number of nitrogens with two attached hydrogens (primary N) is 2. The topological polar surface area (TPSA) is 95.4 Å². The van der Waals surface area contributed by atoms with Crippen molar-refractivity contribution in [2.45, 2.75) is 11.8 Å². The number of carbonyl (C=O) groups is 2. The maximum absolute atomic E-state index is 11.7. The van der Waals surface area contributed by atoms with Crippen LogP contribution in [0.25, 0.3) is 0 Å². The lowest BCUT2D eigenvalue weighted by Gasteiger charge is -2.10. The highest BCUT2D eigenvalue weighted by Gasteiger charge is 2.17. The van der Waals surface area contributed by atoms with Crippen molar-refractivity contribution in [1.82, 2.24) is 0 Å². The normalized spacial score (nSPS) is 10.1. The fraction of sp³-hybridized carbons (Fsp3) is 0.273. The highest BCUT2D eigenvalue weighted by molar-refractivity contribution is 8.00. The van der Waals surface area contributed by atoms with Gasteiger partial charge in [-0.2, -0.15) is 0 Å². The number of carbonyl (C=O) groups excluding carboxylic acids is 2. The van der Waals surface area contributed by atoms with E-state index in [-0.39, 0.29) is 17.9 Å². The van der Waals surface area contributed by atoms with Crippen molar-refractivity contribution in [3.63, 3.8) is 0 Å². The molecule has 1 aromatic carbocycles. The third kappa shape index (κ3) is 3.82. The Hall–Kier alpha value is -1.40. The maximum atomic E-state index is 11.7. The summed E-state index contributed by atoms with van der Waals surface area (Å²) < 4.78 is 4.90. The predicted molar refractivity (Wildman–Crippen MR) is 71.7 cm³/mol. The van der Waals surface area contributed by atoms with Gasteiger partial charge in [0.15, 0.2) is 0 Å². The van der Waals surface area contributed by atoms with Gasteiger partial charge in [0.1, 0.15) is 0 Å². The van der Waals surface area contributed by atoms with Crippen LogP contribution in [-0.4, -0.2) is 24.2 Å². The van der Waals surface area contributed by atoms with Crippen LogP contribution in [0.1, 0.15) is 17.3 Å². The molecule has 0 bridgehead atoms. The van der Waals surface area contributed by atoms with Gasteiger partial charge in [-0.05, 0) is 19.1 Å². The van der Waals surface area contributed by atoms with E-state index in [1.165, 1.54) is 12.1 Å². The highest BCUT2D eigenvalue weighted by atomic mass is 35.5. The molecule has 0 atom stereocenters. The first-order valence-corrected chi connectivity index (χ1v) is 6.49. The van der Waals surface area contributed by atoms with Gasteiger partial charge in [-0.15, -0.1) is 11.8 Å². The molecule has 0 aromatic heterocycles. The molecule has 0 saturated heterocycles. The minimum atomic E-state index is -0.529. The predicted octanol–water partition coefficient (Wildman–Crippen LogP) is 1.68. The number of ether oxygens (including phenoxy) is 1. The maximum Gasteiger partial charge on any atom is 0.339 e. The zero-order valence-corrected chi connectivity index (χ0v) is 11.3. The molecule has 0 heterocycles. The molecule has 1 amide bonds. The quantitative estimate of drug-likeness (QED) is 0.488. The lowest BCUT2D eigenvalue weighted by Crippen LogP contribution is -2.14. The smallest absolute Gasteiger partial charge is 0.339 e. The number of nitrogen functional groups attached to an aromatic ring is 1. The zero-order chi connectivity index (χ0) is 13.7. The molecule has 1 aromatic rings. The molecule has 0 radical (unpaired) electrons. The first kappa shape index (κ1) is 14.7. The van der Waals surface area contributed by atoms with Crippen molar-refractivity contribution in [3.8, 4) is 0 Å². The van der Waals surface area contributed by atoms with Crippen molar-refractivity contribution in [2.24, 2.45) is 5.73 Å². The van der Waals surface area contributed by atoms with Crippen LogP contribution >= 0.6 is 23.4 Å². The number of hydrogen-bond acceptors (Lipinski definition) is 5. The van der Waals surface area contributed by atoms with Crippen molar-refractivity contribution in [2.75, 3.05) is 18.1 Å². The average molecular weight is 289 g/mol. The van der Waals surface area contributed by atoms with E-state index in [2.05, 4.69) is 0 Å². The lowest BCUT2D eigenvalue weighted by atomic mass is 10.2. The number of rotatable bonds is 5. The van der Waals surface area contributed by atoms with Crippen molar-refractivity contribution in [3.05, 3.63) is 22.7 Å². The minimum Gasteiger partial charge on any atom is -0.462 e. The second kappa shape index (κ2) is 6.51. The number of hydrogen-bond donors (Lipinski definition) is 2. The van der Waals surface area contributed by atoms with Crippen LogP contribution in [-0.2, 0) is 9.53 Å². The summed E-state index contributed by atoms with van der Waals surface area (Å²) in [6.45, 7) is 1.94. The fourth-order valence-corrected chi connectivity index (χ4v) is 2.44. The Morgan fingerprint density at radius 3 is 2.67 bits per heavy atom. The SMILES string of the molecule is CCOC(=O)c1cc(N)cc(Cl)c1SCC(N)=O. The molecule has 4 N–H and O–H groups in total. The molecular weight excluding hydrogens is 276 g/mol. The minimum absolute atomic E-state index is 0.0239. The molecule has 0 spiro atoms. The molecule has 5 nitrogen and oxygen atoms in total. The van der Waals surface area contributed by atoms with E-state index in [0.29, 0.717) is 15.6 Å². The summed E-state index contributed by atoms with van der Waals surface area (Å²) in [6, 6.07) is 2.97. The second-order valence-electron chi connectivity index (χ2n) is 3.35. The molecule has 0 unspecified atom stereocenters. The summed E-state index contributed by atoms with van der Waals surface area (Å²) >= 11 is 7.08. The molecule has 18 heavy (non-hydrogen) atoms. The van der Waals surface area contributed by atoms with E-state index in [1.54, 1.807) is 6.92 Å². The Bertz CT molecular complexity index is 480. The molecule has 7 heteroatoms. The van der Waals surface area contributed by atoms with Gasteiger partial charge in [-0.1, -0.05) is 11.6 Å². The summed E-state index contributed by atoms with van der Waals surface area (Å²) in [5, 5.41) is 0.296. The van der Waals surface area contributed by atoms with Gasteiger partial charge in [0.25, 0.3) is 0 Å². The van der Waals surface area contributed by atoms with E-state index < -0.39 is 11.9 Å². The first-order chi connectivity index (χ1) is 8.45. The van der Waals surface area contributed by atoms with E-state index in [0.717, 1.165) is 11.8 Å². The van der Waals surface area contributed by atoms with Crippen LogP contribution in [0.2, 0.25) is 5.02 Å².